The first-order valence-corrected chi connectivity index (χ1v) is 6.49. The average Bonchev–Trinajstić information content (AvgIpc) is 2.52. The highest BCUT2D eigenvalue weighted by Crippen LogP contribution is 2.11. The summed E-state index contributed by atoms with van der Waals surface area (Å²) in [7, 11) is 0. The minimum absolute atomic E-state index is 0.0591. The van der Waals surface area contributed by atoms with Crippen molar-refractivity contribution < 1.29 is 23.1 Å². The van der Waals surface area contributed by atoms with Gasteiger partial charge < -0.3 is 10.1 Å². The standard InChI is InChI=1S/C16H13F2NO3/c17-12-7-4-8-13(18)15(12)16(21)19-9-14(20)22-10-11-5-2-1-3-6-11/h1-8H,9-10H2,(H,19,21). The molecule has 0 aliphatic heterocycles. The molecule has 0 aromatic heterocycles. The third kappa shape index (κ3) is 4.12. The number of benzene rings is 2. The van der Waals surface area contributed by atoms with Crippen LogP contribution in [0.2, 0.25) is 0 Å². The number of carbonyl (C=O) groups excluding carboxylic acids is 2. The van der Waals surface area contributed by atoms with Crippen molar-refractivity contribution >= 4 is 11.9 Å². The van der Waals surface area contributed by atoms with Crippen molar-refractivity contribution in [2.24, 2.45) is 0 Å². The van der Waals surface area contributed by atoms with Crippen LogP contribution in [-0.4, -0.2) is 18.4 Å². The van der Waals surface area contributed by atoms with Gasteiger partial charge in [0.05, 0.1) is 0 Å². The zero-order valence-corrected chi connectivity index (χ0v) is 11.5. The first-order chi connectivity index (χ1) is 10.6. The van der Waals surface area contributed by atoms with Gasteiger partial charge in [-0.3, -0.25) is 9.59 Å². The number of rotatable bonds is 5. The molecule has 0 saturated carbocycles. The summed E-state index contributed by atoms with van der Waals surface area (Å²) in [6.45, 7) is -0.414. The summed E-state index contributed by atoms with van der Waals surface area (Å²) in [5, 5.41) is 2.12. The second kappa shape index (κ2) is 7.31. The first-order valence-electron chi connectivity index (χ1n) is 6.49. The lowest BCUT2D eigenvalue weighted by atomic mass is 10.2. The van der Waals surface area contributed by atoms with Gasteiger partial charge in [-0.05, 0) is 17.7 Å². The molecule has 0 heterocycles. The molecule has 0 aliphatic rings. The Balaban J connectivity index is 1.85. The Hall–Kier alpha value is -2.76. The van der Waals surface area contributed by atoms with Crippen molar-refractivity contribution in [3.8, 4) is 0 Å². The average molecular weight is 305 g/mol. The third-order valence-electron chi connectivity index (χ3n) is 2.83. The molecule has 0 spiro atoms. The van der Waals surface area contributed by atoms with Gasteiger partial charge >= 0.3 is 5.97 Å². The molecule has 22 heavy (non-hydrogen) atoms. The molecule has 0 saturated heterocycles. The van der Waals surface area contributed by atoms with Crippen molar-refractivity contribution in [3.05, 3.63) is 71.3 Å². The molecule has 114 valence electrons. The summed E-state index contributed by atoms with van der Waals surface area (Å²) in [6.07, 6.45) is 0. The molecule has 2 aromatic carbocycles. The normalized spacial score (nSPS) is 10.1. The maximum Gasteiger partial charge on any atom is 0.325 e. The molecule has 0 unspecified atom stereocenters. The maximum atomic E-state index is 13.4. The molecule has 0 fully saturated rings. The van der Waals surface area contributed by atoms with Crippen LogP contribution in [0, 0.1) is 11.6 Å². The van der Waals surface area contributed by atoms with E-state index in [0.29, 0.717) is 0 Å². The van der Waals surface area contributed by atoms with Gasteiger partial charge in [0, 0.05) is 0 Å². The monoisotopic (exact) mass is 305 g/mol. The quantitative estimate of drug-likeness (QED) is 0.863. The molecule has 1 amide bonds. The number of amides is 1. The number of hydrogen-bond acceptors (Lipinski definition) is 3. The summed E-state index contributed by atoms with van der Waals surface area (Å²) in [4.78, 5) is 23.2. The fraction of sp³-hybridized carbons (Fsp3) is 0.125. The van der Waals surface area contributed by atoms with Gasteiger partial charge in [0.1, 0.15) is 30.3 Å². The molecular weight excluding hydrogens is 292 g/mol. The zero-order valence-electron chi connectivity index (χ0n) is 11.5. The maximum absolute atomic E-state index is 13.4. The van der Waals surface area contributed by atoms with Crippen molar-refractivity contribution in [1.82, 2.24) is 5.32 Å². The van der Waals surface area contributed by atoms with E-state index in [2.05, 4.69) is 5.32 Å². The van der Waals surface area contributed by atoms with Gasteiger partial charge in [0.15, 0.2) is 0 Å². The van der Waals surface area contributed by atoms with Crippen LogP contribution in [-0.2, 0) is 16.1 Å². The van der Waals surface area contributed by atoms with E-state index in [0.717, 1.165) is 23.8 Å². The number of carbonyl (C=O) groups is 2. The molecule has 0 radical (unpaired) electrons. The van der Waals surface area contributed by atoms with Gasteiger partial charge in [-0.1, -0.05) is 36.4 Å². The summed E-state index contributed by atoms with van der Waals surface area (Å²) in [5.41, 5.74) is 0.0701. The first kappa shape index (κ1) is 15.6. The fourth-order valence-electron chi connectivity index (χ4n) is 1.74. The summed E-state index contributed by atoms with van der Waals surface area (Å²) < 4.78 is 31.7. The molecule has 2 rings (SSSR count). The van der Waals surface area contributed by atoms with E-state index in [1.54, 1.807) is 24.3 Å². The van der Waals surface area contributed by atoms with Crippen LogP contribution in [0.1, 0.15) is 15.9 Å². The minimum Gasteiger partial charge on any atom is -0.460 e. The van der Waals surface area contributed by atoms with Gasteiger partial charge in [-0.25, -0.2) is 8.78 Å². The smallest absolute Gasteiger partial charge is 0.325 e. The highest BCUT2D eigenvalue weighted by atomic mass is 19.1. The van der Waals surface area contributed by atoms with Crippen molar-refractivity contribution in [2.45, 2.75) is 6.61 Å². The predicted octanol–water partition coefficient (Wildman–Crippen LogP) is 2.44. The van der Waals surface area contributed by atoms with E-state index in [1.165, 1.54) is 0 Å². The predicted molar refractivity (Wildman–Crippen MR) is 74.9 cm³/mol. The van der Waals surface area contributed by atoms with Crippen LogP contribution in [0.25, 0.3) is 0 Å². The molecular formula is C16H13F2NO3. The van der Waals surface area contributed by atoms with Crippen LogP contribution in [0.15, 0.2) is 48.5 Å². The number of ether oxygens (including phenoxy) is 1. The second-order valence-corrected chi connectivity index (χ2v) is 4.43. The lowest BCUT2D eigenvalue weighted by Crippen LogP contribution is -2.31. The SMILES string of the molecule is O=C(CNC(=O)c1c(F)cccc1F)OCc1ccccc1. The molecule has 0 aliphatic carbocycles. The van der Waals surface area contributed by atoms with Crippen LogP contribution < -0.4 is 5.32 Å². The summed E-state index contributed by atoms with van der Waals surface area (Å²) >= 11 is 0. The van der Waals surface area contributed by atoms with Gasteiger partial charge in [0.2, 0.25) is 0 Å². The molecule has 1 N–H and O–H groups in total. The summed E-state index contributed by atoms with van der Waals surface area (Å²) in [6, 6.07) is 12.1. The van der Waals surface area contributed by atoms with Crippen LogP contribution >= 0.6 is 0 Å². The number of nitrogens with one attached hydrogen (secondary N) is 1. The molecule has 0 atom stereocenters. The highest BCUT2D eigenvalue weighted by molar-refractivity contribution is 5.96. The third-order valence-corrected chi connectivity index (χ3v) is 2.83. The Bertz CT molecular complexity index is 654. The largest absolute Gasteiger partial charge is 0.460 e. The second-order valence-electron chi connectivity index (χ2n) is 4.43. The van der Waals surface area contributed by atoms with Gasteiger partial charge in [-0.15, -0.1) is 0 Å². The van der Waals surface area contributed by atoms with Gasteiger partial charge in [0.25, 0.3) is 5.91 Å². The highest BCUT2D eigenvalue weighted by Gasteiger charge is 2.17. The molecule has 6 heteroatoms. The van der Waals surface area contributed by atoms with Crippen LogP contribution in [0.5, 0.6) is 0 Å². The number of halogens is 2. The van der Waals surface area contributed by atoms with Crippen molar-refractivity contribution in [1.29, 1.82) is 0 Å². The van der Waals surface area contributed by atoms with Crippen molar-refractivity contribution in [3.63, 3.8) is 0 Å². The lowest BCUT2D eigenvalue weighted by Gasteiger charge is -2.07. The Labute approximate surface area is 125 Å². The topological polar surface area (TPSA) is 55.4 Å². The van der Waals surface area contributed by atoms with E-state index in [9.17, 15) is 18.4 Å². The number of hydrogen-bond donors (Lipinski definition) is 1. The molecule has 4 nitrogen and oxygen atoms in total. The Morgan fingerprint density at radius 1 is 0.955 bits per heavy atom. The van der Waals surface area contributed by atoms with Crippen molar-refractivity contribution in [2.75, 3.05) is 6.54 Å². The fourth-order valence-corrected chi connectivity index (χ4v) is 1.74. The van der Waals surface area contributed by atoms with Crippen LogP contribution in [0.3, 0.4) is 0 Å². The van der Waals surface area contributed by atoms with Crippen LogP contribution in [0.4, 0.5) is 8.78 Å². The summed E-state index contributed by atoms with van der Waals surface area (Å²) in [5.74, 6) is -3.69. The van der Waals surface area contributed by atoms with E-state index in [4.69, 9.17) is 4.74 Å². The molecule has 2 aromatic rings. The van der Waals surface area contributed by atoms with E-state index in [-0.39, 0.29) is 6.61 Å². The Morgan fingerprint density at radius 2 is 1.59 bits per heavy atom. The number of esters is 1. The van der Waals surface area contributed by atoms with E-state index in [1.807, 2.05) is 6.07 Å². The Kier molecular flexibility index (Phi) is 5.19. The van der Waals surface area contributed by atoms with E-state index >= 15 is 0 Å². The van der Waals surface area contributed by atoms with Gasteiger partial charge in [-0.2, -0.15) is 0 Å². The zero-order chi connectivity index (χ0) is 15.9. The molecule has 0 bridgehead atoms. The van der Waals surface area contributed by atoms with E-state index < -0.39 is 35.6 Å². The minimum atomic E-state index is -1.01. The lowest BCUT2D eigenvalue weighted by molar-refractivity contribution is -0.143. The Morgan fingerprint density at radius 3 is 2.23 bits per heavy atom.